The Labute approximate surface area is 229 Å². The molecule has 2 aromatic carbocycles. The van der Waals surface area contributed by atoms with Crippen LogP contribution in [0.4, 0.5) is 5.69 Å². The van der Waals surface area contributed by atoms with Gasteiger partial charge in [0.2, 0.25) is 5.78 Å². The monoisotopic (exact) mass is 532 g/mol. The van der Waals surface area contributed by atoms with E-state index in [0.29, 0.717) is 17.1 Å². The molecule has 2 heterocycles. The highest BCUT2D eigenvalue weighted by molar-refractivity contribution is 7.17. The van der Waals surface area contributed by atoms with Crippen LogP contribution in [0.5, 0.6) is 0 Å². The Kier molecular flexibility index (Phi) is 8.64. The fourth-order valence-electron chi connectivity index (χ4n) is 4.91. The number of aromatic nitrogens is 1. The third-order valence-electron chi connectivity index (χ3n) is 6.91. The zero-order chi connectivity index (χ0) is 27.4. The molecule has 1 aliphatic rings. The lowest BCUT2D eigenvalue weighted by Gasteiger charge is -2.28. The number of aliphatic hydroxyl groups is 1. The van der Waals surface area contributed by atoms with Gasteiger partial charge in [0.1, 0.15) is 5.01 Å². The van der Waals surface area contributed by atoms with Crippen LogP contribution in [-0.4, -0.2) is 71.9 Å². The smallest absolute Gasteiger partial charge is 0.290 e. The molecule has 0 radical (unpaired) electrons. The van der Waals surface area contributed by atoms with Crippen molar-refractivity contribution in [3.8, 4) is 10.6 Å². The summed E-state index contributed by atoms with van der Waals surface area (Å²) in [5, 5.41) is 11.8. The third kappa shape index (κ3) is 5.51. The van der Waals surface area contributed by atoms with E-state index in [-0.39, 0.29) is 11.4 Å². The number of benzene rings is 2. The molecular formula is C30H36N4O3S. The predicted molar refractivity (Wildman–Crippen MR) is 154 cm³/mol. The molecule has 4 rings (SSSR count). The molecule has 0 spiro atoms. The van der Waals surface area contributed by atoms with Gasteiger partial charge >= 0.3 is 0 Å². The van der Waals surface area contributed by atoms with Crippen LogP contribution >= 0.6 is 11.3 Å². The lowest BCUT2D eigenvalue weighted by Crippen LogP contribution is -2.33. The second-order valence-corrected chi connectivity index (χ2v) is 10.7. The van der Waals surface area contributed by atoms with Crippen molar-refractivity contribution in [2.75, 3.05) is 45.2 Å². The van der Waals surface area contributed by atoms with Gasteiger partial charge in [0.15, 0.2) is 5.76 Å². The Morgan fingerprint density at radius 2 is 1.71 bits per heavy atom. The fourth-order valence-corrected chi connectivity index (χ4v) is 5.94. The highest BCUT2D eigenvalue weighted by Crippen LogP contribution is 2.41. The van der Waals surface area contributed by atoms with Crippen molar-refractivity contribution in [3.05, 3.63) is 82.1 Å². The van der Waals surface area contributed by atoms with E-state index >= 15 is 0 Å². The van der Waals surface area contributed by atoms with Gasteiger partial charge in [-0.1, -0.05) is 42.5 Å². The average molecular weight is 533 g/mol. The number of amides is 1. The number of nitrogens with zero attached hydrogens (tertiary/aromatic N) is 4. The van der Waals surface area contributed by atoms with Gasteiger partial charge in [-0.3, -0.25) is 9.59 Å². The van der Waals surface area contributed by atoms with Gasteiger partial charge < -0.3 is 19.8 Å². The number of ketones is 1. The first kappa shape index (κ1) is 27.5. The van der Waals surface area contributed by atoms with Crippen LogP contribution in [0.3, 0.4) is 0 Å². The van der Waals surface area contributed by atoms with Gasteiger partial charge in [-0.25, -0.2) is 4.98 Å². The van der Waals surface area contributed by atoms with Crippen molar-refractivity contribution < 1.29 is 14.7 Å². The highest BCUT2D eigenvalue weighted by Gasteiger charge is 2.44. The normalized spacial score (nSPS) is 15.6. The molecule has 1 N–H and O–H groups in total. The van der Waals surface area contributed by atoms with Gasteiger partial charge in [-0.2, -0.15) is 0 Å². The molecule has 8 heteroatoms. The molecule has 1 aromatic heterocycles. The largest absolute Gasteiger partial charge is 0.503 e. The van der Waals surface area contributed by atoms with Crippen LogP contribution in [0.15, 0.2) is 65.9 Å². The number of rotatable bonds is 11. The summed E-state index contributed by atoms with van der Waals surface area (Å²) in [6.45, 7) is 9.00. The molecule has 0 bridgehead atoms. The molecule has 1 unspecified atom stereocenters. The first-order valence-corrected chi connectivity index (χ1v) is 13.9. The molecule has 0 aliphatic carbocycles. The molecule has 1 atom stereocenters. The van der Waals surface area contributed by atoms with Crippen molar-refractivity contribution in [3.63, 3.8) is 0 Å². The fraction of sp³-hybridized carbons (Fsp3) is 0.367. The van der Waals surface area contributed by atoms with E-state index in [4.69, 9.17) is 0 Å². The number of aliphatic hydroxyl groups excluding tert-OH is 1. The Morgan fingerprint density at radius 1 is 1.05 bits per heavy atom. The summed E-state index contributed by atoms with van der Waals surface area (Å²) in [5.41, 5.74) is 3.52. The van der Waals surface area contributed by atoms with E-state index in [9.17, 15) is 14.7 Å². The van der Waals surface area contributed by atoms with Gasteiger partial charge in [-0.15, -0.1) is 11.3 Å². The summed E-state index contributed by atoms with van der Waals surface area (Å²) in [6.07, 6.45) is 0.721. The SMILES string of the molecule is CCN(CC)c1ccc(C2C(C(=O)c3sc(-c4ccccc4)nc3C)=C(O)C(=O)N2CCCN(C)C)cc1. The van der Waals surface area contributed by atoms with Gasteiger partial charge in [0, 0.05) is 30.9 Å². The zero-order valence-electron chi connectivity index (χ0n) is 22.8. The van der Waals surface area contributed by atoms with Crippen LogP contribution in [-0.2, 0) is 4.79 Å². The minimum absolute atomic E-state index is 0.127. The van der Waals surface area contributed by atoms with Crippen LogP contribution in [0.2, 0.25) is 0 Å². The van der Waals surface area contributed by atoms with E-state index in [2.05, 4.69) is 28.6 Å². The number of hydrogen-bond donors (Lipinski definition) is 1. The number of aryl methyl sites for hydroxylation is 1. The second-order valence-electron chi connectivity index (χ2n) is 9.71. The summed E-state index contributed by atoms with van der Waals surface area (Å²) in [5.74, 6) is -1.32. The number of hydrogen-bond acceptors (Lipinski definition) is 7. The van der Waals surface area contributed by atoms with Crippen molar-refractivity contribution in [1.29, 1.82) is 0 Å². The standard InChI is InChI=1S/C30H36N4O3S/c1-6-33(7-2)23-16-14-21(15-17-23)25-24(27(36)30(37)34(25)19-11-18-32(4)5)26(35)28-20(3)31-29(38-28)22-12-9-8-10-13-22/h8-10,12-17,25,36H,6-7,11,18-19H2,1-5H3. The highest BCUT2D eigenvalue weighted by atomic mass is 32.1. The number of carbonyl (C=O) groups is 2. The summed E-state index contributed by atoms with van der Waals surface area (Å²) < 4.78 is 0. The Balaban J connectivity index is 1.73. The lowest BCUT2D eigenvalue weighted by atomic mass is 9.94. The van der Waals surface area contributed by atoms with Crippen molar-refractivity contribution in [1.82, 2.24) is 14.8 Å². The number of carbonyl (C=O) groups excluding carboxylic acids is 2. The van der Waals surface area contributed by atoms with Gasteiger partial charge in [0.05, 0.1) is 22.2 Å². The Morgan fingerprint density at radius 3 is 2.32 bits per heavy atom. The van der Waals surface area contributed by atoms with E-state index in [0.717, 1.165) is 47.9 Å². The summed E-state index contributed by atoms with van der Waals surface area (Å²) >= 11 is 1.29. The molecule has 38 heavy (non-hydrogen) atoms. The maximum Gasteiger partial charge on any atom is 0.290 e. The van der Waals surface area contributed by atoms with Crippen LogP contribution in [0.1, 0.15) is 47.2 Å². The van der Waals surface area contributed by atoms with E-state index in [1.54, 1.807) is 11.8 Å². The molecule has 1 aliphatic heterocycles. The Bertz CT molecular complexity index is 1310. The Hall–Kier alpha value is -3.49. The van der Waals surface area contributed by atoms with E-state index < -0.39 is 17.7 Å². The van der Waals surface area contributed by atoms with Crippen molar-refractivity contribution in [2.24, 2.45) is 0 Å². The quantitative estimate of drug-likeness (QED) is 0.329. The maximum atomic E-state index is 14.0. The van der Waals surface area contributed by atoms with Gasteiger partial charge in [0.25, 0.3) is 5.91 Å². The zero-order valence-corrected chi connectivity index (χ0v) is 23.6. The lowest BCUT2D eigenvalue weighted by molar-refractivity contribution is -0.129. The molecule has 200 valence electrons. The predicted octanol–water partition coefficient (Wildman–Crippen LogP) is 5.49. The number of Topliss-reactive ketones (excluding diaryl/α,β-unsaturated/α-hetero) is 1. The van der Waals surface area contributed by atoms with Gasteiger partial charge in [-0.05, 0) is 65.5 Å². The summed E-state index contributed by atoms with van der Waals surface area (Å²) in [7, 11) is 3.97. The molecule has 3 aromatic rings. The van der Waals surface area contributed by atoms with E-state index in [1.807, 2.05) is 68.7 Å². The molecule has 7 nitrogen and oxygen atoms in total. The maximum absolute atomic E-state index is 14.0. The topological polar surface area (TPSA) is 77.0 Å². The first-order valence-electron chi connectivity index (χ1n) is 13.1. The minimum atomic E-state index is -0.662. The third-order valence-corrected chi connectivity index (χ3v) is 8.12. The number of anilines is 1. The second kappa shape index (κ2) is 11.9. The van der Waals surface area contributed by atoms with Crippen molar-refractivity contribution >= 4 is 28.7 Å². The van der Waals surface area contributed by atoms with Crippen molar-refractivity contribution in [2.45, 2.75) is 33.2 Å². The molecule has 0 saturated carbocycles. The minimum Gasteiger partial charge on any atom is -0.503 e. The summed E-state index contributed by atoms with van der Waals surface area (Å²) in [6, 6.07) is 17.0. The molecular weight excluding hydrogens is 496 g/mol. The molecule has 0 fully saturated rings. The van der Waals surface area contributed by atoms with E-state index in [1.165, 1.54) is 11.3 Å². The average Bonchev–Trinajstić information content (AvgIpc) is 3.43. The number of thiazole rings is 1. The van der Waals surface area contributed by atoms with Crippen LogP contribution in [0, 0.1) is 6.92 Å². The van der Waals surface area contributed by atoms with Crippen LogP contribution in [0.25, 0.3) is 10.6 Å². The molecule has 0 saturated heterocycles. The molecule has 1 amide bonds. The first-order chi connectivity index (χ1) is 18.3. The summed E-state index contributed by atoms with van der Waals surface area (Å²) in [4.78, 5) is 38.3. The van der Waals surface area contributed by atoms with Crippen LogP contribution < -0.4 is 4.90 Å².